The van der Waals surface area contributed by atoms with Gasteiger partial charge in [-0.3, -0.25) is 0 Å². The Kier molecular flexibility index (Phi) is 78.9. The van der Waals surface area contributed by atoms with Crippen LogP contribution in [0.3, 0.4) is 0 Å². The highest BCUT2D eigenvalue weighted by Crippen LogP contribution is 2.21. The standard InChI is InChI=1S/C10H22O.2C9H20O.C8H18O.CH4.4H2S/c1-4-5-6-10(7-8-11)9(2)3;1-4-5-9(6-7-10)8(2)3;1-4-5-6-9(7-10)8(2)3;1-4-5-8(6-9)7(2)3;;;;;/h9-11H,4-8H2,1-3H3;2*8-10H,4-7H2,1-3H3;7-9H,4-6H2,1-3H3;1H4;4*1H2/t10-;2*9-;8-;;;;;/m0000...../s1. The summed E-state index contributed by atoms with van der Waals surface area (Å²) in [4.78, 5) is 0. The van der Waals surface area contributed by atoms with Gasteiger partial charge in [-0.2, -0.15) is 54.0 Å². The zero-order valence-corrected chi connectivity index (χ0v) is 35.7. The van der Waals surface area contributed by atoms with Gasteiger partial charge in [-0.1, -0.05) is 142 Å². The minimum absolute atomic E-state index is 0. The Morgan fingerprint density at radius 3 is 0.800 bits per heavy atom. The summed E-state index contributed by atoms with van der Waals surface area (Å²) in [5, 5.41) is 35.2. The minimum Gasteiger partial charge on any atom is -0.396 e. The van der Waals surface area contributed by atoms with Gasteiger partial charge in [0.25, 0.3) is 0 Å². The third-order valence-corrected chi connectivity index (χ3v) is 8.42. The van der Waals surface area contributed by atoms with Crippen molar-refractivity contribution in [1.82, 2.24) is 0 Å². The number of aliphatic hydroxyl groups is 4. The lowest BCUT2D eigenvalue weighted by Gasteiger charge is -2.18. The maximum Gasteiger partial charge on any atom is 0.0461 e. The van der Waals surface area contributed by atoms with Gasteiger partial charge >= 0.3 is 0 Å². The van der Waals surface area contributed by atoms with Gasteiger partial charge in [0, 0.05) is 26.4 Å². The molecular weight excluding hydrogens is 637 g/mol. The van der Waals surface area contributed by atoms with Crippen molar-refractivity contribution in [3.05, 3.63) is 0 Å². The summed E-state index contributed by atoms with van der Waals surface area (Å²) in [5.41, 5.74) is 0. The SMILES string of the molecule is C.CCCC[C@@H](CCO)C(C)C.CCCC[C@@H](CO)C(C)C.CCC[C@@H](CCO)C(C)C.CCC[C@@H](CO)C(C)C.S.S.S.S. The van der Waals surface area contributed by atoms with Crippen molar-refractivity contribution >= 4 is 54.0 Å². The van der Waals surface area contributed by atoms with Crippen LogP contribution >= 0.6 is 54.0 Å². The first-order valence-corrected chi connectivity index (χ1v) is 17.3. The zero-order chi connectivity index (χ0) is 31.9. The molecule has 0 aromatic heterocycles. The summed E-state index contributed by atoms with van der Waals surface area (Å²) < 4.78 is 0. The highest BCUT2D eigenvalue weighted by molar-refractivity contribution is 7.59. The number of unbranched alkanes of at least 4 members (excludes halogenated alkanes) is 2. The summed E-state index contributed by atoms with van der Waals surface area (Å²) >= 11 is 0. The molecule has 0 saturated heterocycles. The Morgan fingerprint density at radius 1 is 0.356 bits per heavy atom. The van der Waals surface area contributed by atoms with E-state index in [2.05, 4.69) is 83.1 Å². The van der Waals surface area contributed by atoms with Crippen molar-refractivity contribution in [2.75, 3.05) is 26.4 Å². The Labute approximate surface area is 314 Å². The van der Waals surface area contributed by atoms with Gasteiger partial charge in [0.05, 0.1) is 0 Å². The van der Waals surface area contributed by atoms with Crippen molar-refractivity contribution in [2.24, 2.45) is 47.3 Å². The number of aliphatic hydroxyl groups excluding tert-OH is 4. The summed E-state index contributed by atoms with van der Waals surface area (Å²) in [7, 11) is 0. The van der Waals surface area contributed by atoms with Crippen LogP contribution < -0.4 is 0 Å². The molecule has 0 aliphatic carbocycles. The van der Waals surface area contributed by atoms with E-state index in [-0.39, 0.29) is 61.4 Å². The average Bonchev–Trinajstić information content (AvgIpc) is 2.90. The normalized spacial score (nSPS) is 12.5. The van der Waals surface area contributed by atoms with Crippen molar-refractivity contribution in [2.45, 2.75) is 168 Å². The predicted octanol–water partition coefficient (Wildman–Crippen LogP) is 10.9. The number of hydrogen-bond donors (Lipinski definition) is 4. The molecule has 0 rings (SSSR count). The number of rotatable bonds is 20. The highest BCUT2D eigenvalue weighted by Gasteiger charge is 2.12. The lowest BCUT2D eigenvalue weighted by molar-refractivity contribution is 0.179. The predicted molar refractivity (Wildman–Crippen MR) is 228 cm³/mol. The second kappa shape index (κ2) is 52.1. The fraction of sp³-hybridized carbons (Fsp3) is 1.00. The second-order valence-electron chi connectivity index (χ2n) is 13.3. The molecule has 4 N–H and O–H groups in total. The van der Waals surface area contributed by atoms with Gasteiger partial charge in [0.2, 0.25) is 0 Å². The molecule has 4 nitrogen and oxygen atoms in total. The van der Waals surface area contributed by atoms with Gasteiger partial charge in [-0.05, 0) is 73.0 Å². The minimum atomic E-state index is 0. The van der Waals surface area contributed by atoms with Gasteiger partial charge in [-0.15, -0.1) is 0 Å². The Balaban J connectivity index is -0.0000000530. The van der Waals surface area contributed by atoms with Gasteiger partial charge in [0.1, 0.15) is 0 Å². The van der Waals surface area contributed by atoms with E-state index in [0.717, 1.165) is 42.9 Å². The maximum absolute atomic E-state index is 8.92. The molecule has 0 unspecified atom stereocenters. The van der Waals surface area contributed by atoms with Crippen LogP contribution in [0, 0.1) is 47.3 Å². The number of hydrogen-bond acceptors (Lipinski definition) is 4. The van der Waals surface area contributed by atoms with Gasteiger partial charge < -0.3 is 20.4 Å². The first-order chi connectivity index (χ1) is 18.9. The van der Waals surface area contributed by atoms with Crippen LogP contribution in [-0.2, 0) is 0 Å². The molecule has 288 valence electrons. The largest absolute Gasteiger partial charge is 0.396 e. The molecule has 0 bridgehead atoms. The van der Waals surface area contributed by atoms with E-state index >= 15 is 0 Å². The lowest BCUT2D eigenvalue weighted by Crippen LogP contribution is -2.12. The van der Waals surface area contributed by atoms with Crippen LogP contribution in [0.15, 0.2) is 0 Å². The molecule has 4 atom stereocenters. The van der Waals surface area contributed by atoms with Crippen LogP contribution in [0.4, 0.5) is 0 Å². The van der Waals surface area contributed by atoms with E-state index in [0.29, 0.717) is 50.1 Å². The summed E-state index contributed by atoms with van der Waals surface area (Å²) in [6.45, 7) is 27.8. The Bertz CT molecular complexity index is 450. The van der Waals surface area contributed by atoms with E-state index < -0.39 is 0 Å². The Hall–Kier alpha value is 1.24. The van der Waals surface area contributed by atoms with Crippen LogP contribution in [0.2, 0.25) is 0 Å². The molecule has 8 heteroatoms. The van der Waals surface area contributed by atoms with Crippen LogP contribution in [0.25, 0.3) is 0 Å². The summed E-state index contributed by atoms with van der Waals surface area (Å²) in [6, 6.07) is 0. The first kappa shape index (κ1) is 68.2. The van der Waals surface area contributed by atoms with Crippen LogP contribution in [0.5, 0.6) is 0 Å². The maximum atomic E-state index is 8.92. The van der Waals surface area contributed by atoms with E-state index in [1.165, 1.54) is 57.8 Å². The molecule has 0 fully saturated rings. The van der Waals surface area contributed by atoms with Crippen molar-refractivity contribution in [3.63, 3.8) is 0 Å². The highest BCUT2D eigenvalue weighted by atomic mass is 32.1. The van der Waals surface area contributed by atoms with E-state index in [1.807, 2.05) is 0 Å². The van der Waals surface area contributed by atoms with Crippen LogP contribution in [-0.4, -0.2) is 46.9 Å². The Morgan fingerprint density at radius 2 is 0.600 bits per heavy atom. The topological polar surface area (TPSA) is 80.9 Å². The molecule has 0 saturated carbocycles. The molecule has 0 aliphatic heterocycles. The van der Waals surface area contributed by atoms with E-state index in [9.17, 15) is 0 Å². The molecule has 0 amide bonds. The monoisotopic (exact) mass is 729 g/mol. The van der Waals surface area contributed by atoms with Crippen molar-refractivity contribution < 1.29 is 20.4 Å². The fourth-order valence-corrected chi connectivity index (χ4v) is 4.90. The average molecular weight is 729 g/mol. The smallest absolute Gasteiger partial charge is 0.0461 e. The quantitative estimate of drug-likeness (QED) is 0.101. The van der Waals surface area contributed by atoms with Crippen molar-refractivity contribution in [3.8, 4) is 0 Å². The lowest BCUT2D eigenvalue weighted by atomic mass is 9.88. The van der Waals surface area contributed by atoms with E-state index in [4.69, 9.17) is 20.4 Å². The van der Waals surface area contributed by atoms with E-state index in [1.54, 1.807) is 0 Å². The molecule has 0 spiro atoms. The second-order valence-corrected chi connectivity index (χ2v) is 13.3. The molecule has 0 aliphatic rings. The van der Waals surface area contributed by atoms with Crippen LogP contribution in [0.1, 0.15) is 168 Å². The molecule has 0 heterocycles. The first-order valence-electron chi connectivity index (χ1n) is 17.3. The van der Waals surface area contributed by atoms with Crippen molar-refractivity contribution in [1.29, 1.82) is 0 Å². The molecular formula is C37H92O4S4. The molecule has 0 aromatic carbocycles. The van der Waals surface area contributed by atoms with Gasteiger partial charge in [0.15, 0.2) is 0 Å². The summed E-state index contributed by atoms with van der Waals surface area (Å²) in [6.07, 6.45) is 14.4. The molecule has 0 aromatic rings. The molecule has 0 radical (unpaired) electrons. The molecule has 45 heavy (non-hydrogen) atoms. The fourth-order valence-electron chi connectivity index (χ4n) is 4.90. The van der Waals surface area contributed by atoms with Gasteiger partial charge in [-0.25, -0.2) is 0 Å². The summed E-state index contributed by atoms with van der Waals surface area (Å²) in [5.74, 6) is 5.25. The third kappa shape index (κ3) is 49.7. The third-order valence-electron chi connectivity index (χ3n) is 8.42. The zero-order valence-electron chi connectivity index (χ0n) is 31.7.